The molecule has 1 rings (SSSR count). The van der Waals surface area contributed by atoms with Crippen LogP contribution >= 0.6 is 0 Å². The van der Waals surface area contributed by atoms with Gasteiger partial charge in [-0.05, 0) is 58.3 Å². The van der Waals surface area contributed by atoms with Gasteiger partial charge in [-0.3, -0.25) is 49.2 Å². The van der Waals surface area contributed by atoms with Gasteiger partial charge in [0.2, 0.25) is 23.6 Å². The molecule has 0 atom stereocenters. The molecule has 0 heterocycles. The third-order valence-electron chi connectivity index (χ3n) is 7.57. The standard InChI is InChI=1S/C32H53N5O11/c1-3-48-32-29(30(43)31(32)44)34-20-10-7-13-23-36(46)27(41)17-15-25(39)14-8-4-5-11-22-37(47)28(42)18-16-26(40)33-19-9-6-12-21-35(45)24(2)38/h34,45-47H,3-23H2,1-2H3,(H,33,40). The highest BCUT2D eigenvalue weighted by Gasteiger charge is 2.21. The Kier molecular flexibility index (Phi) is 21.3. The maximum atomic E-state index is 12.1. The molecule has 0 aliphatic rings. The zero-order chi connectivity index (χ0) is 35.9. The lowest BCUT2D eigenvalue weighted by molar-refractivity contribution is -0.166. The van der Waals surface area contributed by atoms with Gasteiger partial charge in [0.25, 0.3) is 10.9 Å². The molecule has 0 fully saturated rings. The number of hydroxylamine groups is 6. The van der Waals surface area contributed by atoms with Crippen LogP contribution in [0.5, 0.6) is 5.75 Å². The number of nitrogens with zero attached hydrogens (tertiary/aromatic N) is 3. The predicted octanol–water partition coefficient (Wildman–Crippen LogP) is 2.30. The molecule has 0 spiro atoms. The molecule has 16 heteroatoms. The number of ether oxygens (including phenoxy) is 1. The van der Waals surface area contributed by atoms with Crippen LogP contribution in [0.15, 0.2) is 9.59 Å². The molecular weight excluding hydrogens is 630 g/mol. The second-order valence-corrected chi connectivity index (χ2v) is 11.6. The van der Waals surface area contributed by atoms with E-state index in [2.05, 4.69) is 10.6 Å². The molecule has 272 valence electrons. The largest absolute Gasteiger partial charge is 0.488 e. The van der Waals surface area contributed by atoms with E-state index in [1.807, 2.05) is 0 Å². The fourth-order valence-corrected chi connectivity index (χ4v) is 4.66. The highest BCUT2D eigenvalue weighted by Crippen LogP contribution is 2.17. The number of anilines is 1. The summed E-state index contributed by atoms with van der Waals surface area (Å²) < 4.78 is 5.14. The van der Waals surface area contributed by atoms with Gasteiger partial charge in [-0.15, -0.1) is 0 Å². The number of hydrogen-bond acceptors (Lipinski definition) is 12. The van der Waals surface area contributed by atoms with Crippen molar-refractivity contribution in [2.45, 2.75) is 110 Å². The fourth-order valence-electron chi connectivity index (χ4n) is 4.66. The van der Waals surface area contributed by atoms with Crippen molar-refractivity contribution in [3.8, 4) is 5.75 Å². The zero-order valence-corrected chi connectivity index (χ0v) is 28.3. The first-order chi connectivity index (χ1) is 22.9. The molecule has 0 bridgehead atoms. The van der Waals surface area contributed by atoms with Crippen LogP contribution < -0.4 is 26.2 Å². The molecule has 1 aromatic rings. The van der Waals surface area contributed by atoms with E-state index in [9.17, 15) is 49.2 Å². The average molecular weight is 684 g/mol. The Balaban J connectivity index is 2.02. The Bertz CT molecular complexity index is 1230. The second kappa shape index (κ2) is 24.3. The van der Waals surface area contributed by atoms with Gasteiger partial charge in [-0.25, -0.2) is 15.2 Å². The summed E-state index contributed by atoms with van der Waals surface area (Å²) in [4.78, 5) is 82.2. The Morgan fingerprint density at radius 3 is 1.73 bits per heavy atom. The number of Topliss-reactive ketones (excluding diaryl/α,β-unsaturated/α-hetero) is 1. The van der Waals surface area contributed by atoms with E-state index in [0.29, 0.717) is 92.5 Å². The minimum absolute atomic E-state index is 0.0277. The number of hydrogen-bond donors (Lipinski definition) is 5. The predicted molar refractivity (Wildman–Crippen MR) is 174 cm³/mol. The molecule has 0 aliphatic carbocycles. The zero-order valence-electron chi connectivity index (χ0n) is 28.3. The van der Waals surface area contributed by atoms with Gasteiger partial charge in [0, 0.05) is 71.8 Å². The number of ketones is 1. The molecule has 4 amide bonds. The molecule has 16 nitrogen and oxygen atoms in total. The van der Waals surface area contributed by atoms with Crippen LogP contribution in [0.4, 0.5) is 5.69 Å². The van der Waals surface area contributed by atoms with Crippen molar-refractivity contribution in [3.05, 3.63) is 20.4 Å². The van der Waals surface area contributed by atoms with E-state index in [4.69, 9.17) is 4.74 Å². The van der Waals surface area contributed by atoms with E-state index in [0.717, 1.165) is 0 Å². The van der Waals surface area contributed by atoms with E-state index < -0.39 is 28.6 Å². The summed E-state index contributed by atoms with van der Waals surface area (Å²) in [5, 5.41) is 36.6. The summed E-state index contributed by atoms with van der Waals surface area (Å²) in [6.45, 7) is 4.58. The third-order valence-corrected chi connectivity index (χ3v) is 7.57. The molecule has 0 unspecified atom stereocenters. The van der Waals surface area contributed by atoms with Crippen LogP contribution in [0.25, 0.3) is 0 Å². The minimum Gasteiger partial charge on any atom is -0.488 e. The van der Waals surface area contributed by atoms with Crippen molar-refractivity contribution >= 4 is 35.1 Å². The molecule has 0 aliphatic heterocycles. The summed E-state index contributed by atoms with van der Waals surface area (Å²) >= 11 is 0. The number of carbonyl (C=O) groups excluding carboxylic acids is 5. The van der Waals surface area contributed by atoms with Gasteiger partial charge in [0.15, 0.2) is 5.75 Å². The van der Waals surface area contributed by atoms with Crippen LogP contribution in [0.2, 0.25) is 0 Å². The van der Waals surface area contributed by atoms with Crippen LogP contribution in [-0.4, -0.2) is 99.6 Å². The Labute approximate surface area is 280 Å². The normalized spacial score (nSPS) is 10.9. The summed E-state index contributed by atoms with van der Waals surface area (Å²) in [7, 11) is 0. The van der Waals surface area contributed by atoms with Crippen LogP contribution in [0.3, 0.4) is 0 Å². The first kappa shape index (κ1) is 42.1. The minimum atomic E-state index is -0.630. The van der Waals surface area contributed by atoms with Crippen LogP contribution in [0.1, 0.15) is 110 Å². The summed E-state index contributed by atoms with van der Waals surface area (Å²) in [5.74, 6) is -1.84. The summed E-state index contributed by atoms with van der Waals surface area (Å²) in [5.41, 5.74) is -1.03. The molecule has 0 saturated carbocycles. The van der Waals surface area contributed by atoms with E-state index in [-0.39, 0.29) is 81.5 Å². The number of nitrogens with one attached hydrogen (secondary N) is 2. The Hall–Kier alpha value is -3.89. The van der Waals surface area contributed by atoms with Gasteiger partial charge in [0.1, 0.15) is 11.5 Å². The first-order valence-corrected chi connectivity index (χ1v) is 16.8. The quantitative estimate of drug-likeness (QED) is 0.0372. The van der Waals surface area contributed by atoms with Crippen molar-refractivity contribution in [2.24, 2.45) is 0 Å². The van der Waals surface area contributed by atoms with Crippen molar-refractivity contribution in [1.82, 2.24) is 20.5 Å². The number of carbonyl (C=O) groups is 5. The maximum absolute atomic E-state index is 12.1. The Morgan fingerprint density at radius 1 is 0.625 bits per heavy atom. The van der Waals surface area contributed by atoms with E-state index >= 15 is 0 Å². The van der Waals surface area contributed by atoms with Gasteiger partial charge < -0.3 is 15.4 Å². The van der Waals surface area contributed by atoms with Gasteiger partial charge in [-0.2, -0.15) is 0 Å². The lowest BCUT2D eigenvalue weighted by Gasteiger charge is -2.15. The van der Waals surface area contributed by atoms with Crippen molar-refractivity contribution in [3.63, 3.8) is 0 Å². The fraction of sp³-hybridized carbons (Fsp3) is 0.719. The molecule has 48 heavy (non-hydrogen) atoms. The van der Waals surface area contributed by atoms with Gasteiger partial charge in [-0.1, -0.05) is 12.8 Å². The molecule has 1 aromatic carbocycles. The number of unbranched alkanes of at least 4 members (excludes halogenated alkanes) is 7. The molecule has 0 saturated heterocycles. The van der Waals surface area contributed by atoms with Crippen LogP contribution in [0, 0.1) is 0 Å². The maximum Gasteiger partial charge on any atom is 0.272 e. The highest BCUT2D eigenvalue weighted by molar-refractivity contribution is 5.84. The monoisotopic (exact) mass is 683 g/mol. The van der Waals surface area contributed by atoms with Crippen molar-refractivity contribution < 1.29 is 44.3 Å². The van der Waals surface area contributed by atoms with Gasteiger partial charge in [0.05, 0.1) is 6.61 Å². The lowest BCUT2D eigenvalue weighted by Crippen LogP contribution is -2.36. The molecule has 5 N–H and O–H groups in total. The highest BCUT2D eigenvalue weighted by atomic mass is 16.5. The van der Waals surface area contributed by atoms with E-state index in [1.165, 1.54) is 6.92 Å². The number of rotatable bonds is 28. The number of amides is 4. The van der Waals surface area contributed by atoms with Crippen molar-refractivity contribution in [1.29, 1.82) is 0 Å². The van der Waals surface area contributed by atoms with E-state index in [1.54, 1.807) is 6.92 Å². The lowest BCUT2D eigenvalue weighted by atomic mass is 10.1. The summed E-state index contributed by atoms with van der Waals surface area (Å²) in [6, 6.07) is 0. The summed E-state index contributed by atoms with van der Waals surface area (Å²) in [6.07, 6.45) is 6.35. The van der Waals surface area contributed by atoms with Gasteiger partial charge >= 0.3 is 0 Å². The Morgan fingerprint density at radius 2 is 1.15 bits per heavy atom. The molecule has 0 aromatic heterocycles. The van der Waals surface area contributed by atoms with Crippen LogP contribution in [-0.2, 0) is 24.0 Å². The molecular formula is C32H53N5O11. The third kappa shape index (κ3) is 17.3. The first-order valence-electron chi connectivity index (χ1n) is 16.8. The SMILES string of the molecule is CCOc1c(NCCCCCN(O)C(=O)CCC(=O)CCCCCCN(O)C(=O)CCC(=O)NCCCCCN(O)C(C)=O)c(=O)c1=O. The van der Waals surface area contributed by atoms with Crippen molar-refractivity contribution in [2.75, 3.05) is 44.6 Å². The molecule has 0 radical (unpaired) electrons. The average Bonchev–Trinajstić information content (AvgIpc) is 3.07. The second-order valence-electron chi connectivity index (χ2n) is 11.6. The topological polar surface area (TPSA) is 223 Å². The smallest absolute Gasteiger partial charge is 0.272 e.